The quantitative estimate of drug-likeness (QED) is 0.469. The van der Waals surface area contributed by atoms with Crippen molar-refractivity contribution in [2.24, 2.45) is 0 Å². The summed E-state index contributed by atoms with van der Waals surface area (Å²) in [6.45, 7) is 2.67. The maximum absolute atomic E-state index is 12.1. The molecule has 0 radical (unpaired) electrons. The van der Waals surface area contributed by atoms with Gasteiger partial charge in [-0.2, -0.15) is 26.3 Å². The summed E-state index contributed by atoms with van der Waals surface area (Å²) in [5.41, 5.74) is -1.75. The molecule has 2 nitrogen and oxygen atoms in total. The van der Waals surface area contributed by atoms with Gasteiger partial charge in [-0.25, -0.2) is 0 Å². The van der Waals surface area contributed by atoms with E-state index in [1.807, 2.05) is 0 Å². The molecular weight excluding hydrogens is 240 g/mol. The van der Waals surface area contributed by atoms with Crippen LogP contribution in [0.25, 0.3) is 0 Å². The number of allylic oxidation sites excluding steroid dienone is 2. The van der Waals surface area contributed by atoms with E-state index in [0.29, 0.717) is 0 Å². The molecular formula is C8H7F6NO. The lowest BCUT2D eigenvalue weighted by Gasteiger charge is -2.13. The smallest absolute Gasteiger partial charge is 0.377 e. The predicted octanol–water partition coefficient (Wildman–Crippen LogP) is 2.34. The zero-order valence-corrected chi connectivity index (χ0v) is 7.74. The lowest BCUT2D eigenvalue weighted by atomic mass is 10.3. The normalized spacial score (nSPS) is 13.5. The highest BCUT2D eigenvalue weighted by Gasteiger charge is 2.41. The summed E-state index contributed by atoms with van der Waals surface area (Å²) in [5.74, 6) is -2.57. The molecule has 0 aliphatic carbocycles. The third-order valence-corrected chi connectivity index (χ3v) is 1.30. The molecule has 0 spiro atoms. The van der Waals surface area contributed by atoms with E-state index in [1.54, 1.807) is 5.32 Å². The van der Waals surface area contributed by atoms with Crippen LogP contribution in [0.5, 0.6) is 0 Å². The highest BCUT2D eigenvalue weighted by atomic mass is 19.4. The highest BCUT2D eigenvalue weighted by Crippen LogP contribution is 2.25. The van der Waals surface area contributed by atoms with Crippen LogP contribution in [0, 0.1) is 0 Å². The second-order valence-electron chi connectivity index (χ2n) is 2.59. The zero-order chi connectivity index (χ0) is 13.0. The number of alkyl halides is 6. The van der Waals surface area contributed by atoms with Crippen molar-refractivity contribution in [1.82, 2.24) is 5.32 Å². The second kappa shape index (κ2) is 5.04. The molecule has 8 heteroatoms. The average molecular weight is 247 g/mol. The fourth-order valence-electron chi connectivity index (χ4n) is 0.628. The Kier molecular flexibility index (Phi) is 4.58. The summed E-state index contributed by atoms with van der Waals surface area (Å²) in [6, 6.07) is 0. The topological polar surface area (TPSA) is 29.1 Å². The molecule has 0 bridgehead atoms. The van der Waals surface area contributed by atoms with E-state index in [4.69, 9.17) is 0 Å². The SMILES string of the molecule is C=CCN/C(=C\C(=O)C(F)(F)F)C(F)(F)F. The van der Waals surface area contributed by atoms with Gasteiger partial charge in [-0.05, 0) is 0 Å². The van der Waals surface area contributed by atoms with E-state index in [2.05, 4.69) is 6.58 Å². The number of halogens is 6. The lowest BCUT2D eigenvalue weighted by Crippen LogP contribution is -2.30. The molecule has 0 atom stereocenters. The van der Waals surface area contributed by atoms with E-state index in [0.717, 1.165) is 6.08 Å². The van der Waals surface area contributed by atoms with Crippen molar-refractivity contribution >= 4 is 5.78 Å². The summed E-state index contributed by atoms with van der Waals surface area (Å²) in [4.78, 5) is 10.3. The van der Waals surface area contributed by atoms with Gasteiger partial charge in [0.25, 0.3) is 5.78 Å². The Balaban J connectivity index is 4.97. The van der Waals surface area contributed by atoms with E-state index in [9.17, 15) is 31.1 Å². The zero-order valence-electron chi connectivity index (χ0n) is 7.74. The molecule has 0 aromatic rings. The molecule has 0 heterocycles. The van der Waals surface area contributed by atoms with Crippen LogP contribution in [-0.2, 0) is 4.79 Å². The van der Waals surface area contributed by atoms with Crippen molar-refractivity contribution in [1.29, 1.82) is 0 Å². The van der Waals surface area contributed by atoms with E-state index < -0.39 is 36.5 Å². The summed E-state index contributed by atoms with van der Waals surface area (Å²) in [5, 5.41) is 1.61. The number of nitrogens with one attached hydrogen (secondary N) is 1. The molecule has 1 N–H and O–H groups in total. The fourth-order valence-corrected chi connectivity index (χ4v) is 0.628. The molecule has 0 saturated heterocycles. The maximum Gasteiger partial charge on any atom is 0.454 e. The number of hydrogen-bond donors (Lipinski definition) is 1. The molecule has 0 rings (SSSR count). The highest BCUT2D eigenvalue weighted by molar-refractivity contribution is 5.95. The van der Waals surface area contributed by atoms with Gasteiger partial charge in [-0.1, -0.05) is 6.08 Å². The average Bonchev–Trinajstić information content (AvgIpc) is 2.08. The molecule has 0 aliphatic heterocycles. The molecule has 0 aliphatic rings. The minimum atomic E-state index is -5.33. The number of carbonyl (C=O) groups is 1. The van der Waals surface area contributed by atoms with Crippen molar-refractivity contribution in [3.63, 3.8) is 0 Å². The van der Waals surface area contributed by atoms with Crippen LogP contribution >= 0.6 is 0 Å². The van der Waals surface area contributed by atoms with Crippen LogP contribution in [0.1, 0.15) is 0 Å². The Bertz CT molecular complexity index is 301. The molecule has 0 aromatic carbocycles. The van der Waals surface area contributed by atoms with Gasteiger partial charge in [0.05, 0.1) is 0 Å². The molecule has 16 heavy (non-hydrogen) atoms. The van der Waals surface area contributed by atoms with Gasteiger partial charge in [0.15, 0.2) is 0 Å². The summed E-state index contributed by atoms with van der Waals surface area (Å²) >= 11 is 0. The summed E-state index contributed by atoms with van der Waals surface area (Å²) in [7, 11) is 0. The van der Waals surface area contributed by atoms with Crippen molar-refractivity contribution < 1.29 is 31.1 Å². The van der Waals surface area contributed by atoms with Gasteiger partial charge in [-0.15, -0.1) is 6.58 Å². The van der Waals surface area contributed by atoms with Gasteiger partial charge < -0.3 is 5.32 Å². The molecule has 0 aromatic heterocycles. The Labute approximate surface area is 86.6 Å². The lowest BCUT2D eigenvalue weighted by molar-refractivity contribution is -0.166. The molecule has 0 saturated carbocycles. The number of hydrogen-bond acceptors (Lipinski definition) is 2. The minimum Gasteiger partial charge on any atom is -0.377 e. The molecule has 92 valence electrons. The standard InChI is InChI=1S/C8H7F6NO/c1-2-3-15-5(7(9,10)11)4-6(16)8(12,13)14/h2,4,15H,1,3H2/b5-4-. The first-order valence-corrected chi connectivity index (χ1v) is 3.84. The number of rotatable bonds is 4. The molecule has 0 fully saturated rings. The maximum atomic E-state index is 12.1. The van der Waals surface area contributed by atoms with E-state index in [-0.39, 0.29) is 0 Å². The van der Waals surface area contributed by atoms with Gasteiger partial charge in [0, 0.05) is 12.6 Å². The number of ketones is 1. The predicted molar refractivity (Wildman–Crippen MR) is 43.4 cm³/mol. The fraction of sp³-hybridized carbons (Fsp3) is 0.375. The number of carbonyl (C=O) groups excluding carboxylic acids is 1. The van der Waals surface area contributed by atoms with E-state index >= 15 is 0 Å². The van der Waals surface area contributed by atoms with Crippen molar-refractivity contribution in [2.75, 3.05) is 6.54 Å². The van der Waals surface area contributed by atoms with Crippen LogP contribution in [0.2, 0.25) is 0 Å². The van der Waals surface area contributed by atoms with Crippen LogP contribution < -0.4 is 5.32 Å². The summed E-state index contributed by atoms with van der Waals surface area (Å²) < 4.78 is 71.5. The first-order chi connectivity index (χ1) is 7.09. The second-order valence-corrected chi connectivity index (χ2v) is 2.59. The van der Waals surface area contributed by atoms with Crippen molar-refractivity contribution in [3.05, 3.63) is 24.4 Å². The third kappa shape index (κ3) is 4.85. The Morgan fingerprint density at radius 2 is 1.62 bits per heavy atom. The first kappa shape index (κ1) is 14.5. The summed E-state index contributed by atoms with van der Waals surface area (Å²) in [6.07, 6.45) is -9.89. The molecule has 0 unspecified atom stereocenters. The third-order valence-electron chi connectivity index (χ3n) is 1.30. The Hall–Kier alpha value is -1.47. The van der Waals surface area contributed by atoms with Gasteiger partial charge in [0.2, 0.25) is 0 Å². The van der Waals surface area contributed by atoms with Crippen molar-refractivity contribution in [2.45, 2.75) is 12.4 Å². The van der Waals surface area contributed by atoms with Crippen LogP contribution in [0.4, 0.5) is 26.3 Å². The van der Waals surface area contributed by atoms with Crippen LogP contribution in [-0.4, -0.2) is 24.7 Å². The van der Waals surface area contributed by atoms with Crippen LogP contribution in [0.3, 0.4) is 0 Å². The van der Waals surface area contributed by atoms with Crippen LogP contribution in [0.15, 0.2) is 24.4 Å². The van der Waals surface area contributed by atoms with Gasteiger partial charge >= 0.3 is 12.4 Å². The van der Waals surface area contributed by atoms with E-state index in [1.165, 1.54) is 0 Å². The minimum absolute atomic E-state index is 0.406. The Morgan fingerprint density at radius 1 is 1.12 bits per heavy atom. The monoisotopic (exact) mass is 247 g/mol. The van der Waals surface area contributed by atoms with Gasteiger partial charge in [0.1, 0.15) is 5.70 Å². The van der Waals surface area contributed by atoms with Gasteiger partial charge in [-0.3, -0.25) is 4.79 Å². The Morgan fingerprint density at radius 3 is 1.94 bits per heavy atom. The van der Waals surface area contributed by atoms with Crippen molar-refractivity contribution in [3.8, 4) is 0 Å². The largest absolute Gasteiger partial charge is 0.454 e. The first-order valence-electron chi connectivity index (χ1n) is 3.84. The molecule has 0 amide bonds.